The van der Waals surface area contributed by atoms with Gasteiger partial charge >= 0.3 is 11.9 Å². The van der Waals surface area contributed by atoms with E-state index >= 15 is 0 Å². The van der Waals surface area contributed by atoms with Crippen molar-refractivity contribution in [3.8, 4) is 28.7 Å². The number of H-pyrrole nitrogens is 1. The molecule has 0 aliphatic carbocycles. The number of hydrogen-bond donors (Lipinski definition) is 3. The molecule has 12 nitrogen and oxygen atoms in total. The number of ether oxygens (including phenoxy) is 5. The maximum Gasteiger partial charge on any atom is 0.333 e. The third-order valence-electron chi connectivity index (χ3n) is 13.5. The van der Waals surface area contributed by atoms with Gasteiger partial charge in [-0.05, 0) is 62.4 Å². The van der Waals surface area contributed by atoms with E-state index in [0.717, 1.165) is 69.4 Å². The Hall–Kier alpha value is -4.43. The van der Waals surface area contributed by atoms with Crippen LogP contribution in [0.15, 0.2) is 30.3 Å². The summed E-state index contributed by atoms with van der Waals surface area (Å²) in [6.07, 6.45) is 1.69. The van der Waals surface area contributed by atoms with Crippen LogP contribution >= 0.6 is 11.8 Å². The number of fused-ring (bicyclic) bond motifs is 10. The number of phenols is 1. The SMILES string of the molecule is COc1c(C)cc2c(c1O)C1C3[C@@H]4SC[C@]5(NCCc6c5[nH]c5ccccc65)C(=O)OC[C@@H](c5c6c(c(C)c(OC(C)=O)c54)OCO6)N3CC3C[C@@]2(C)N31. The number of esters is 2. The molecule has 0 amide bonds. The summed E-state index contributed by atoms with van der Waals surface area (Å²) in [4.78, 5) is 36.5. The van der Waals surface area contributed by atoms with Crippen molar-refractivity contribution in [1.29, 1.82) is 0 Å². The summed E-state index contributed by atoms with van der Waals surface area (Å²) in [6, 6.07) is 9.68. The summed E-state index contributed by atoms with van der Waals surface area (Å²) in [5.41, 5.74) is 6.81. The van der Waals surface area contributed by atoms with Crippen molar-refractivity contribution >= 4 is 34.6 Å². The molecule has 4 aromatic rings. The molecule has 280 valence electrons. The first kappa shape index (κ1) is 33.0. The van der Waals surface area contributed by atoms with Gasteiger partial charge in [0.1, 0.15) is 12.4 Å². The first-order chi connectivity index (χ1) is 26.1. The molecule has 1 aromatic heterocycles. The van der Waals surface area contributed by atoms with Crippen molar-refractivity contribution < 1.29 is 38.4 Å². The summed E-state index contributed by atoms with van der Waals surface area (Å²) in [5.74, 6) is 1.86. The minimum Gasteiger partial charge on any atom is -0.504 e. The molecule has 9 heterocycles. The molecule has 3 aromatic carbocycles. The monoisotopic (exact) mass is 750 g/mol. The van der Waals surface area contributed by atoms with E-state index in [9.17, 15) is 14.7 Å². The Morgan fingerprint density at radius 3 is 2.72 bits per heavy atom. The van der Waals surface area contributed by atoms with Gasteiger partial charge in [-0.25, -0.2) is 4.79 Å². The zero-order chi connectivity index (χ0) is 37.0. The average Bonchev–Trinajstić information content (AvgIpc) is 3.84. The highest BCUT2D eigenvalue weighted by atomic mass is 32.2. The van der Waals surface area contributed by atoms with Crippen molar-refractivity contribution in [3.63, 3.8) is 0 Å². The van der Waals surface area contributed by atoms with Crippen molar-refractivity contribution in [1.82, 2.24) is 20.1 Å². The van der Waals surface area contributed by atoms with Crippen molar-refractivity contribution in [2.24, 2.45) is 0 Å². The molecule has 8 aliphatic heterocycles. The Balaban J connectivity index is 1.17. The molecule has 0 saturated carbocycles. The Kier molecular flexibility index (Phi) is 6.77. The van der Waals surface area contributed by atoms with E-state index in [4.69, 9.17) is 23.7 Å². The van der Waals surface area contributed by atoms with Crippen LogP contribution in [-0.4, -0.2) is 83.3 Å². The smallest absolute Gasteiger partial charge is 0.333 e. The number of aryl methyl sites for hydroxylation is 1. The summed E-state index contributed by atoms with van der Waals surface area (Å²) in [5, 5.41) is 16.6. The summed E-state index contributed by atoms with van der Waals surface area (Å²) in [6.45, 7) is 9.02. The van der Waals surface area contributed by atoms with Crippen LogP contribution in [0.4, 0.5) is 0 Å². The molecule has 8 aliphatic rings. The average molecular weight is 751 g/mol. The zero-order valence-corrected chi connectivity index (χ0v) is 31.6. The fraction of sp³-hybridized carbons (Fsp3) is 0.463. The van der Waals surface area contributed by atoms with Crippen LogP contribution in [0.3, 0.4) is 0 Å². The maximum absolute atomic E-state index is 14.8. The van der Waals surface area contributed by atoms with Gasteiger partial charge in [0, 0.05) is 76.5 Å². The molecule has 12 rings (SSSR count). The number of carbonyl (C=O) groups is 2. The highest BCUT2D eigenvalue weighted by molar-refractivity contribution is 7.99. The van der Waals surface area contributed by atoms with E-state index < -0.39 is 17.6 Å². The highest BCUT2D eigenvalue weighted by Gasteiger charge is 2.68. The second-order valence-corrected chi connectivity index (χ2v) is 17.2. The summed E-state index contributed by atoms with van der Waals surface area (Å²) < 4.78 is 31.0. The van der Waals surface area contributed by atoms with Crippen LogP contribution in [-0.2, 0) is 31.8 Å². The number of benzene rings is 3. The van der Waals surface area contributed by atoms with Crippen LogP contribution in [0.1, 0.15) is 82.2 Å². The van der Waals surface area contributed by atoms with Crippen LogP contribution in [0, 0.1) is 13.8 Å². The number of carbonyl (C=O) groups excluding carboxylic acids is 2. The van der Waals surface area contributed by atoms with E-state index in [1.165, 1.54) is 6.92 Å². The molecular weight excluding hydrogens is 709 g/mol. The number of aromatic hydroxyl groups is 1. The summed E-state index contributed by atoms with van der Waals surface area (Å²) >= 11 is 1.67. The molecule has 1 spiro atoms. The topological polar surface area (TPSA) is 135 Å². The lowest BCUT2D eigenvalue weighted by atomic mass is 9.73. The van der Waals surface area contributed by atoms with Gasteiger partial charge in [-0.15, -0.1) is 11.8 Å². The number of aromatic nitrogens is 1. The Bertz CT molecular complexity index is 2360. The van der Waals surface area contributed by atoms with E-state index in [0.29, 0.717) is 40.9 Å². The fourth-order valence-corrected chi connectivity index (χ4v) is 13.1. The zero-order valence-electron chi connectivity index (χ0n) is 30.8. The van der Waals surface area contributed by atoms with Crippen molar-refractivity contribution in [2.75, 3.05) is 39.4 Å². The van der Waals surface area contributed by atoms with Gasteiger partial charge in [0.15, 0.2) is 28.5 Å². The van der Waals surface area contributed by atoms with E-state index in [2.05, 4.69) is 45.2 Å². The van der Waals surface area contributed by atoms with Crippen LogP contribution in [0.5, 0.6) is 28.7 Å². The van der Waals surface area contributed by atoms with Crippen LogP contribution < -0.4 is 24.3 Å². The first-order valence-electron chi connectivity index (χ1n) is 18.8. The van der Waals surface area contributed by atoms with Gasteiger partial charge in [0.05, 0.1) is 30.1 Å². The largest absolute Gasteiger partial charge is 0.504 e. The standard InChI is InChI=1S/C41H42N4O8S/c1-18-12-24-27(32(47)33(18)49-5)30-31-37-29-28(36-35(51-17-52-36)19(2)34(29)53-20(3)46)26(44(31)14-21-13-40(24,4)45(21)30)15-50-39(48)41(16-54-37)38-23(10-11-42-41)22-8-6-7-9-25(22)43-38/h6-9,12,21,26,30-31,37,42-43,47H,10-11,13-17H2,1-5H3/t21?,26-,30?,31?,37+,40+,41+/m0/s1. The third-order valence-corrected chi connectivity index (χ3v) is 14.9. The minimum absolute atomic E-state index is 0.0356. The van der Waals surface area contributed by atoms with Crippen LogP contribution in [0.25, 0.3) is 10.9 Å². The molecule has 7 atom stereocenters. The van der Waals surface area contributed by atoms with E-state index in [1.807, 2.05) is 26.0 Å². The lowest BCUT2D eigenvalue weighted by Crippen LogP contribution is -2.71. The van der Waals surface area contributed by atoms with Gasteiger partial charge < -0.3 is 33.8 Å². The second-order valence-electron chi connectivity index (χ2n) is 16.1. The molecule has 2 bridgehead atoms. The predicted molar refractivity (Wildman–Crippen MR) is 199 cm³/mol. The number of piperazine rings is 1. The van der Waals surface area contributed by atoms with Crippen molar-refractivity contribution in [3.05, 3.63) is 75.0 Å². The van der Waals surface area contributed by atoms with Gasteiger partial charge in [-0.1, -0.05) is 18.2 Å². The third kappa shape index (κ3) is 3.95. The quantitative estimate of drug-likeness (QED) is 0.181. The normalized spacial score (nSPS) is 31.6. The lowest BCUT2D eigenvalue weighted by molar-refractivity contribution is -0.174. The number of methoxy groups -OCH3 is 1. The number of thioether (sulfide) groups is 1. The molecule has 3 saturated heterocycles. The van der Waals surface area contributed by atoms with E-state index in [-0.39, 0.29) is 54.0 Å². The number of nitrogens with one attached hydrogen (secondary N) is 2. The molecule has 3 unspecified atom stereocenters. The molecule has 13 heteroatoms. The number of hydrogen-bond acceptors (Lipinski definition) is 12. The number of para-hydroxylation sites is 1. The first-order valence-corrected chi connectivity index (χ1v) is 19.9. The van der Waals surface area contributed by atoms with Crippen molar-refractivity contribution in [2.45, 2.75) is 81.0 Å². The van der Waals surface area contributed by atoms with Gasteiger partial charge in [-0.2, -0.15) is 0 Å². The Labute approximate surface area is 316 Å². The minimum atomic E-state index is -1.16. The molecule has 0 radical (unpaired) electrons. The second kappa shape index (κ2) is 11.1. The van der Waals surface area contributed by atoms with Gasteiger partial charge in [0.2, 0.25) is 6.79 Å². The molecule has 3 fully saturated rings. The van der Waals surface area contributed by atoms with E-state index in [1.54, 1.807) is 18.9 Å². The van der Waals surface area contributed by atoms with Gasteiger partial charge in [0.25, 0.3) is 0 Å². The molecular formula is C41H42N4O8S. The fourth-order valence-electron chi connectivity index (χ4n) is 11.4. The summed E-state index contributed by atoms with van der Waals surface area (Å²) in [7, 11) is 1.60. The molecule has 3 N–H and O–H groups in total. The van der Waals surface area contributed by atoms with Gasteiger partial charge in [-0.3, -0.25) is 19.9 Å². The maximum atomic E-state index is 14.8. The number of nitrogens with zero attached hydrogens (tertiary/aromatic N) is 2. The Morgan fingerprint density at radius 1 is 1.09 bits per heavy atom. The number of phenolic OH excluding ortho intramolecular Hbond substituents is 1. The molecule has 54 heavy (non-hydrogen) atoms. The lowest BCUT2D eigenvalue weighted by Gasteiger charge is -2.65. The highest BCUT2D eigenvalue weighted by Crippen LogP contribution is 2.69. The Morgan fingerprint density at radius 2 is 1.91 bits per heavy atom. The number of aromatic amines is 1. The number of rotatable bonds is 2. The van der Waals surface area contributed by atoms with Crippen LogP contribution in [0.2, 0.25) is 0 Å². The predicted octanol–water partition coefficient (Wildman–Crippen LogP) is 5.31.